The van der Waals surface area contributed by atoms with Gasteiger partial charge in [0.15, 0.2) is 0 Å². The molecule has 1 aromatic carbocycles. The van der Waals surface area contributed by atoms with Gasteiger partial charge < -0.3 is 10.1 Å². The molecule has 0 spiro atoms. The first-order valence-corrected chi connectivity index (χ1v) is 5.95. The van der Waals surface area contributed by atoms with Crippen molar-refractivity contribution in [2.75, 3.05) is 0 Å². The minimum Gasteiger partial charge on any atom is -0.507 e. The number of nitriles is 1. The number of nitrogens with one attached hydrogen (secondary N) is 1. The Labute approximate surface area is 112 Å². The number of aryl methyl sites for hydroxylation is 1. The zero-order chi connectivity index (χ0) is 13.3. The molecule has 0 amide bonds. The van der Waals surface area contributed by atoms with Crippen molar-refractivity contribution in [3.63, 3.8) is 0 Å². The highest BCUT2D eigenvalue weighted by Gasteiger charge is 2.13. The summed E-state index contributed by atoms with van der Waals surface area (Å²) < 4.78 is 0.761. The highest BCUT2D eigenvalue weighted by molar-refractivity contribution is 9.10. The molecule has 2 rings (SSSR count). The largest absolute Gasteiger partial charge is 0.507 e. The Balaban J connectivity index is 2.83. The lowest BCUT2D eigenvalue weighted by molar-refractivity contribution is 0.477. The minimum absolute atomic E-state index is 0.00556. The van der Waals surface area contributed by atoms with Crippen molar-refractivity contribution in [2.45, 2.75) is 6.92 Å². The average Bonchev–Trinajstić information content (AvgIpc) is 2.31. The monoisotopic (exact) mass is 304 g/mol. The molecule has 2 aromatic rings. The lowest BCUT2D eigenvalue weighted by Crippen LogP contribution is -2.12. The molecule has 90 valence electrons. The average molecular weight is 305 g/mol. The number of nitrogens with zero attached hydrogens (tertiary/aromatic N) is 1. The summed E-state index contributed by atoms with van der Waals surface area (Å²) in [6, 6.07) is 8.40. The Morgan fingerprint density at radius 1 is 1.33 bits per heavy atom. The normalized spacial score (nSPS) is 10.1. The molecule has 0 saturated heterocycles. The van der Waals surface area contributed by atoms with E-state index in [1.165, 1.54) is 6.07 Å². The van der Waals surface area contributed by atoms with Crippen molar-refractivity contribution in [1.29, 1.82) is 5.26 Å². The van der Waals surface area contributed by atoms with Crippen LogP contribution in [-0.2, 0) is 0 Å². The van der Waals surface area contributed by atoms with Crippen molar-refractivity contribution < 1.29 is 5.11 Å². The van der Waals surface area contributed by atoms with Gasteiger partial charge in [0, 0.05) is 21.3 Å². The summed E-state index contributed by atoms with van der Waals surface area (Å²) in [7, 11) is 0. The second kappa shape index (κ2) is 4.67. The molecule has 1 aromatic heterocycles. The predicted molar refractivity (Wildman–Crippen MR) is 71.3 cm³/mol. The lowest BCUT2D eigenvalue weighted by atomic mass is 10.0. The Kier molecular flexibility index (Phi) is 3.21. The maximum atomic E-state index is 11.7. The molecule has 18 heavy (non-hydrogen) atoms. The number of phenols is 1. The quantitative estimate of drug-likeness (QED) is 0.850. The number of phenolic OH excluding ortho intramolecular Hbond substituents is 1. The number of aromatic nitrogens is 1. The van der Waals surface area contributed by atoms with Crippen LogP contribution in [0.15, 0.2) is 33.5 Å². The van der Waals surface area contributed by atoms with Crippen molar-refractivity contribution in [3.8, 4) is 22.9 Å². The topological polar surface area (TPSA) is 76.9 Å². The molecule has 0 radical (unpaired) electrons. The standard InChI is InChI=1S/C13H9BrN2O2/c1-7-4-9(11(6-15)13(18)16-7)10-5-8(14)2-3-12(10)17/h2-5,17H,1H3,(H,16,18). The van der Waals surface area contributed by atoms with Crippen molar-refractivity contribution >= 4 is 15.9 Å². The van der Waals surface area contributed by atoms with Crippen LogP contribution in [0.5, 0.6) is 5.75 Å². The lowest BCUT2D eigenvalue weighted by Gasteiger charge is -2.08. The van der Waals surface area contributed by atoms with Gasteiger partial charge >= 0.3 is 0 Å². The molecule has 0 atom stereocenters. The van der Waals surface area contributed by atoms with E-state index in [1.54, 1.807) is 25.1 Å². The summed E-state index contributed by atoms with van der Waals surface area (Å²) in [4.78, 5) is 14.3. The molecule has 4 nitrogen and oxygen atoms in total. The minimum atomic E-state index is -0.452. The van der Waals surface area contributed by atoms with E-state index < -0.39 is 5.56 Å². The van der Waals surface area contributed by atoms with Gasteiger partial charge in [-0.05, 0) is 31.2 Å². The Morgan fingerprint density at radius 2 is 2.06 bits per heavy atom. The molecule has 1 heterocycles. The van der Waals surface area contributed by atoms with Gasteiger partial charge in [-0.2, -0.15) is 5.26 Å². The number of benzene rings is 1. The molecule has 0 aliphatic heterocycles. The smallest absolute Gasteiger partial charge is 0.266 e. The summed E-state index contributed by atoms with van der Waals surface area (Å²) in [5, 5.41) is 18.9. The molecule has 0 saturated carbocycles. The second-order valence-corrected chi connectivity index (χ2v) is 4.76. The van der Waals surface area contributed by atoms with E-state index >= 15 is 0 Å². The van der Waals surface area contributed by atoms with Crippen LogP contribution >= 0.6 is 15.9 Å². The fraction of sp³-hybridized carbons (Fsp3) is 0.0769. The van der Waals surface area contributed by atoms with Gasteiger partial charge in [0.2, 0.25) is 0 Å². The molecular weight excluding hydrogens is 296 g/mol. The van der Waals surface area contributed by atoms with E-state index in [0.717, 1.165) is 4.47 Å². The number of hydrogen-bond donors (Lipinski definition) is 2. The third-order valence-corrected chi connectivity index (χ3v) is 3.02. The van der Waals surface area contributed by atoms with E-state index in [0.29, 0.717) is 16.8 Å². The first-order chi connectivity index (χ1) is 8.52. The van der Waals surface area contributed by atoms with Gasteiger partial charge in [-0.25, -0.2) is 0 Å². The van der Waals surface area contributed by atoms with Crippen molar-refractivity contribution in [3.05, 3.63) is 50.3 Å². The third kappa shape index (κ3) is 2.15. The molecule has 0 aliphatic carbocycles. The first kappa shape index (κ1) is 12.4. The SMILES string of the molecule is Cc1cc(-c2cc(Br)ccc2O)c(C#N)c(=O)[nH]1. The molecular formula is C13H9BrN2O2. The number of aromatic amines is 1. The maximum Gasteiger partial charge on any atom is 0.266 e. The van der Waals surface area contributed by atoms with Crippen LogP contribution in [0.25, 0.3) is 11.1 Å². The number of rotatable bonds is 1. The highest BCUT2D eigenvalue weighted by Crippen LogP contribution is 2.32. The van der Waals surface area contributed by atoms with Gasteiger partial charge in [0.05, 0.1) is 0 Å². The van der Waals surface area contributed by atoms with Crippen LogP contribution in [0.2, 0.25) is 0 Å². The van der Waals surface area contributed by atoms with Gasteiger partial charge in [-0.15, -0.1) is 0 Å². The Morgan fingerprint density at radius 3 is 2.72 bits per heavy atom. The summed E-state index contributed by atoms with van der Waals surface area (Å²) in [5.41, 5.74) is 1.06. The van der Waals surface area contributed by atoms with Gasteiger partial charge in [-0.1, -0.05) is 15.9 Å². The van der Waals surface area contributed by atoms with E-state index in [1.807, 2.05) is 6.07 Å². The van der Waals surface area contributed by atoms with E-state index in [9.17, 15) is 9.90 Å². The number of pyridine rings is 1. The molecule has 2 N–H and O–H groups in total. The van der Waals surface area contributed by atoms with Crippen LogP contribution in [0.3, 0.4) is 0 Å². The Hall–Kier alpha value is -2.06. The molecule has 0 unspecified atom stereocenters. The summed E-state index contributed by atoms with van der Waals surface area (Å²) in [5.74, 6) is 0.0275. The van der Waals surface area contributed by atoms with Crippen LogP contribution < -0.4 is 5.56 Å². The molecule has 5 heteroatoms. The number of hydrogen-bond acceptors (Lipinski definition) is 3. The van der Waals surface area contributed by atoms with E-state index in [-0.39, 0.29) is 11.3 Å². The fourth-order valence-corrected chi connectivity index (χ4v) is 2.10. The summed E-state index contributed by atoms with van der Waals surface area (Å²) in [6.07, 6.45) is 0. The second-order valence-electron chi connectivity index (χ2n) is 3.84. The van der Waals surface area contributed by atoms with Crippen LogP contribution in [0.1, 0.15) is 11.3 Å². The molecule has 0 bridgehead atoms. The van der Waals surface area contributed by atoms with Gasteiger partial charge in [-0.3, -0.25) is 4.79 Å². The van der Waals surface area contributed by atoms with Gasteiger partial charge in [0.25, 0.3) is 5.56 Å². The zero-order valence-electron chi connectivity index (χ0n) is 9.49. The number of aromatic hydroxyl groups is 1. The summed E-state index contributed by atoms with van der Waals surface area (Å²) >= 11 is 3.30. The number of halogens is 1. The van der Waals surface area contributed by atoms with Crippen LogP contribution in [0, 0.1) is 18.3 Å². The zero-order valence-corrected chi connectivity index (χ0v) is 11.1. The third-order valence-electron chi connectivity index (χ3n) is 2.53. The summed E-state index contributed by atoms with van der Waals surface area (Å²) in [6.45, 7) is 1.72. The predicted octanol–water partition coefficient (Wildman–Crippen LogP) is 2.69. The number of H-pyrrole nitrogens is 1. The van der Waals surface area contributed by atoms with Crippen LogP contribution in [0.4, 0.5) is 0 Å². The molecule has 0 aliphatic rings. The molecule has 0 fully saturated rings. The van der Waals surface area contributed by atoms with Crippen molar-refractivity contribution in [1.82, 2.24) is 4.98 Å². The van der Waals surface area contributed by atoms with Gasteiger partial charge in [0.1, 0.15) is 17.4 Å². The fourth-order valence-electron chi connectivity index (χ4n) is 1.74. The van der Waals surface area contributed by atoms with E-state index in [4.69, 9.17) is 5.26 Å². The van der Waals surface area contributed by atoms with Crippen molar-refractivity contribution in [2.24, 2.45) is 0 Å². The Bertz CT molecular complexity index is 714. The maximum absolute atomic E-state index is 11.7. The van der Waals surface area contributed by atoms with E-state index in [2.05, 4.69) is 20.9 Å². The van der Waals surface area contributed by atoms with Crippen LogP contribution in [-0.4, -0.2) is 10.1 Å². The highest BCUT2D eigenvalue weighted by atomic mass is 79.9. The first-order valence-electron chi connectivity index (χ1n) is 5.16.